The van der Waals surface area contributed by atoms with E-state index in [0.29, 0.717) is 55.8 Å². The number of aromatic nitrogens is 1. The highest BCUT2D eigenvalue weighted by molar-refractivity contribution is 5.95. The van der Waals surface area contributed by atoms with Gasteiger partial charge in [-0.05, 0) is 36.6 Å². The van der Waals surface area contributed by atoms with Gasteiger partial charge in [-0.2, -0.15) is 0 Å². The summed E-state index contributed by atoms with van der Waals surface area (Å²) >= 11 is 0. The quantitative estimate of drug-likeness (QED) is 0.786. The molecule has 3 aliphatic heterocycles. The summed E-state index contributed by atoms with van der Waals surface area (Å²) in [6, 6.07) is 10.8. The van der Waals surface area contributed by atoms with Crippen molar-refractivity contribution in [1.82, 2.24) is 9.47 Å². The van der Waals surface area contributed by atoms with Gasteiger partial charge >= 0.3 is 0 Å². The molecule has 0 saturated carbocycles. The Hall–Kier alpha value is -2.76. The van der Waals surface area contributed by atoms with Crippen molar-refractivity contribution in [3.8, 4) is 11.5 Å². The third kappa shape index (κ3) is 2.48. The van der Waals surface area contributed by atoms with E-state index in [0.717, 1.165) is 12.1 Å². The zero-order chi connectivity index (χ0) is 17.7. The number of benzene rings is 1. The van der Waals surface area contributed by atoms with E-state index in [1.54, 1.807) is 24.3 Å². The number of carbonyl (C=O) groups is 1. The van der Waals surface area contributed by atoms with Crippen LogP contribution < -0.4 is 15.0 Å². The molecule has 26 heavy (non-hydrogen) atoms. The number of amides is 1. The predicted octanol–water partition coefficient (Wildman–Crippen LogP) is 1.88. The number of fused-ring (bicyclic) bond motifs is 5. The van der Waals surface area contributed by atoms with Crippen molar-refractivity contribution < 1.29 is 14.3 Å². The van der Waals surface area contributed by atoms with Gasteiger partial charge in [-0.1, -0.05) is 6.07 Å². The number of ether oxygens (including phenoxy) is 2. The third-order valence-corrected chi connectivity index (χ3v) is 5.56. The highest BCUT2D eigenvalue weighted by Gasteiger charge is 2.36. The molecule has 2 bridgehead atoms. The van der Waals surface area contributed by atoms with Crippen LogP contribution in [0.25, 0.3) is 0 Å². The number of nitrogens with zero attached hydrogens (tertiary/aromatic N) is 2. The molecule has 6 heteroatoms. The largest absolute Gasteiger partial charge is 0.486 e. The van der Waals surface area contributed by atoms with Crippen molar-refractivity contribution in [2.45, 2.75) is 18.9 Å². The molecule has 2 unspecified atom stereocenters. The molecule has 2 atom stereocenters. The molecule has 1 saturated heterocycles. The van der Waals surface area contributed by atoms with Gasteiger partial charge in [-0.3, -0.25) is 9.59 Å². The third-order valence-electron chi connectivity index (χ3n) is 5.56. The molecule has 6 nitrogen and oxygen atoms in total. The van der Waals surface area contributed by atoms with E-state index in [4.69, 9.17) is 9.47 Å². The number of pyridine rings is 1. The lowest BCUT2D eigenvalue weighted by atomic mass is 9.83. The molecule has 0 radical (unpaired) electrons. The molecular weight excluding hydrogens is 332 g/mol. The molecule has 1 aromatic carbocycles. The summed E-state index contributed by atoms with van der Waals surface area (Å²) in [5.74, 6) is 1.89. The molecule has 0 aliphatic carbocycles. The predicted molar refractivity (Wildman–Crippen MR) is 94.9 cm³/mol. The summed E-state index contributed by atoms with van der Waals surface area (Å²) in [5.41, 5.74) is 1.73. The van der Waals surface area contributed by atoms with Crippen LogP contribution >= 0.6 is 0 Å². The second kappa shape index (κ2) is 5.90. The van der Waals surface area contributed by atoms with Crippen molar-refractivity contribution in [3.05, 3.63) is 58.0 Å². The Morgan fingerprint density at radius 1 is 1.00 bits per heavy atom. The van der Waals surface area contributed by atoms with Crippen molar-refractivity contribution in [2.75, 3.05) is 26.3 Å². The van der Waals surface area contributed by atoms with Crippen LogP contribution in [0.4, 0.5) is 0 Å². The fourth-order valence-corrected chi connectivity index (χ4v) is 4.42. The molecule has 2 aromatic rings. The van der Waals surface area contributed by atoms with Crippen molar-refractivity contribution in [2.24, 2.45) is 5.92 Å². The van der Waals surface area contributed by atoms with Gasteiger partial charge < -0.3 is 18.9 Å². The topological polar surface area (TPSA) is 60.8 Å². The standard InChI is InChI=1S/C20H20N2O4/c23-19-3-1-2-16-15-8-13(11-22(16)19)10-21(12-15)20(24)14-4-5-17-18(9-14)26-7-6-25-17/h1-5,9,13,15H,6-8,10-12H2. The van der Waals surface area contributed by atoms with E-state index < -0.39 is 0 Å². The second-order valence-corrected chi connectivity index (χ2v) is 7.27. The Kier molecular flexibility index (Phi) is 3.51. The number of carbonyl (C=O) groups excluding carboxylic acids is 1. The number of piperidine rings is 1. The normalized spacial score (nSPS) is 23.3. The van der Waals surface area contributed by atoms with E-state index in [1.807, 2.05) is 21.6 Å². The van der Waals surface area contributed by atoms with Crippen LogP contribution in [0.2, 0.25) is 0 Å². The minimum atomic E-state index is 0.0170. The summed E-state index contributed by atoms with van der Waals surface area (Å²) in [4.78, 5) is 27.1. The molecule has 5 rings (SSSR count). The van der Waals surface area contributed by atoms with Gasteiger partial charge in [0, 0.05) is 42.9 Å². The Labute approximate surface area is 150 Å². The maximum atomic E-state index is 13.1. The molecule has 0 spiro atoms. The zero-order valence-electron chi connectivity index (χ0n) is 14.4. The minimum absolute atomic E-state index is 0.0170. The first-order valence-corrected chi connectivity index (χ1v) is 9.08. The van der Waals surface area contributed by atoms with Gasteiger partial charge in [0.15, 0.2) is 11.5 Å². The van der Waals surface area contributed by atoms with Crippen molar-refractivity contribution >= 4 is 5.91 Å². The summed E-state index contributed by atoms with van der Waals surface area (Å²) in [7, 11) is 0. The summed E-state index contributed by atoms with van der Waals surface area (Å²) in [6.07, 6.45) is 1.04. The van der Waals surface area contributed by atoms with Crippen molar-refractivity contribution in [3.63, 3.8) is 0 Å². The van der Waals surface area contributed by atoms with Crippen LogP contribution in [0, 0.1) is 5.92 Å². The fourth-order valence-electron chi connectivity index (χ4n) is 4.42. The molecule has 4 heterocycles. The van der Waals surface area contributed by atoms with Gasteiger partial charge in [-0.25, -0.2) is 0 Å². The maximum Gasteiger partial charge on any atom is 0.254 e. The van der Waals surface area contributed by atoms with Gasteiger partial charge in [0.05, 0.1) is 0 Å². The monoisotopic (exact) mass is 352 g/mol. The van der Waals surface area contributed by atoms with Crippen LogP contribution in [0.3, 0.4) is 0 Å². The first-order chi connectivity index (χ1) is 12.7. The molecule has 1 fully saturated rings. The van der Waals surface area contributed by atoms with Crippen LogP contribution in [-0.4, -0.2) is 41.7 Å². The lowest BCUT2D eigenvalue weighted by molar-refractivity contribution is 0.0593. The number of likely N-dealkylation sites (tertiary alicyclic amines) is 1. The number of hydrogen-bond acceptors (Lipinski definition) is 4. The minimum Gasteiger partial charge on any atom is -0.486 e. The van der Waals surface area contributed by atoms with E-state index in [-0.39, 0.29) is 17.4 Å². The SMILES string of the molecule is O=C(c1ccc2c(c1)OCCO2)N1CC2CC(C1)c1cccc(=O)n1C2. The Morgan fingerprint density at radius 3 is 2.73 bits per heavy atom. The maximum absolute atomic E-state index is 13.1. The summed E-state index contributed by atoms with van der Waals surface area (Å²) in [5, 5.41) is 0. The lowest BCUT2D eigenvalue weighted by Gasteiger charge is -2.42. The van der Waals surface area contributed by atoms with E-state index in [2.05, 4.69) is 0 Å². The summed E-state index contributed by atoms with van der Waals surface area (Å²) in [6.45, 7) is 3.06. The van der Waals surface area contributed by atoms with Crippen LogP contribution in [0.5, 0.6) is 11.5 Å². The molecule has 3 aliphatic rings. The molecular formula is C20H20N2O4. The van der Waals surface area contributed by atoms with Gasteiger partial charge in [0.1, 0.15) is 13.2 Å². The molecule has 134 valence electrons. The fraction of sp³-hybridized carbons (Fsp3) is 0.400. The number of rotatable bonds is 1. The Bertz CT molecular complexity index is 936. The lowest BCUT2D eigenvalue weighted by Crippen LogP contribution is -2.49. The molecule has 1 aromatic heterocycles. The summed E-state index contributed by atoms with van der Waals surface area (Å²) < 4.78 is 13.0. The highest BCUT2D eigenvalue weighted by Crippen LogP contribution is 2.36. The second-order valence-electron chi connectivity index (χ2n) is 7.27. The first kappa shape index (κ1) is 15.5. The Balaban J connectivity index is 1.42. The zero-order valence-corrected chi connectivity index (χ0v) is 14.4. The first-order valence-electron chi connectivity index (χ1n) is 9.08. The number of hydrogen-bond donors (Lipinski definition) is 0. The smallest absolute Gasteiger partial charge is 0.254 e. The van der Waals surface area contributed by atoms with Crippen LogP contribution in [0.15, 0.2) is 41.2 Å². The van der Waals surface area contributed by atoms with Gasteiger partial charge in [-0.15, -0.1) is 0 Å². The average Bonchev–Trinajstić information content (AvgIpc) is 2.68. The Morgan fingerprint density at radius 2 is 1.85 bits per heavy atom. The molecule has 0 N–H and O–H groups in total. The average molecular weight is 352 g/mol. The van der Waals surface area contributed by atoms with E-state index >= 15 is 0 Å². The van der Waals surface area contributed by atoms with E-state index in [1.165, 1.54) is 0 Å². The van der Waals surface area contributed by atoms with Gasteiger partial charge in [0.2, 0.25) is 0 Å². The van der Waals surface area contributed by atoms with Crippen molar-refractivity contribution in [1.29, 1.82) is 0 Å². The highest BCUT2D eigenvalue weighted by atomic mass is 16.6. The van der Waals surface area contributed by atoms with Gasteiger partial charge in [0.25, 0.3) is 11.5 Å². The van der Waals surface area contributed by atoms with Crippen LogP contribution in [-0.2, 0) is 6.54 Å². The van der Waals surface area contributed by atoms with E-state index in [9.17, 15) is 9.59 Å². The molecule has 1 amide bonds. The van der Waals surface area contributed by atoms with Crippen LogP contribution in [0.1, 0.15) is 28.4 Å².